The average Bonchev–Trinajstić information content (AvgIpc) is 2.79. The third-order valence-corrected chi connectivity index (χ3v) is 5.08. The highest BCUT2D eigenvalue weighted by molar-refractivity contribution is 6.32. The summed E-state index contributed by atoms with van der Waals surface area (Å²) in [6, 6.07) is 17.2. The number of nitrogens with zero attached hydrogens (tertiary/aromatic N) is 4. The van der Waals surface area contributed by atoms with Gasteiger partial charge in [0.15, 0.2) is 5.82 Å². The maximum absolute atomic E-state index is 9.33. The third-order valence-electron chi connectivity index (χ3n) is 4.78. The molecule has 0 amide bonds. The highest BCUT2D eigenvalue weighted by Gasteiger charge is 2.12. The van der Waals surface area contributed by atoms with Gasteiger partial charge in [-0.3, -0.25) is 4.98 Å². The molecule has 30 heavy (non-hydrogen) atoms. The van der Waals surface area contributed by atoms with Gasteiger partial charge in [-0.1, -0.05) is 23.7 Å². The molecule has 0 aliphatic carbocycles. The molecule has 0 fully saturated rings. The normalized spacial score (nSPS) is 10.6. The van der Waals surface area contributed by atoms with Gasteiger partial charge < -0.3 is 10.1 Å². The van der Waals surface area contributed by atoms with E-state index in [4.69, 9.17) is 16.3 Å². The average molecular weight is 416 g/mol. The van der Waals surface area contributed by atoms with Crippen molar-refractivity contribution in [1.29, 1.82) is 5.26 Å². The fourth-order valence-electron chi connectivity index (χ4n) is 3.27. The number of aromatic nitrogens is 3. The lowest BCUT2D eigenvalue weighted by Gasteiger charge is -2.12. The summed E-state index contributed by atoms with van der Waals surface area (Å²) in [6.45, 7) is 0.637. The lowest BCUT2D eigenvalue weighted by Crippen LogP contribution is -2.08. The lowest BCUT2D eigenvalue weighted by molar-refractivity contribution is 0.415. The summed E-state index contributed by atoms with van der Waals surface area (Å²) in [7, 11) is 1.59. The first-order valence-corrected chi connectivity index (χ1v) is 9.74. The third kappa shape index (κ3) is 4.02. The Kier molecular flexibility index (Phi) is 5.73. The van der Waals surface area contributed by atoms with Crippen molar-refractivity contribution >= 4 is 28.2 Å². The predicted molar refractivity (Wildman–Crippen MR) is 118 cm³/mol. The molecule has 7 heteroatoms. The van der Waals surface area contributed by atoms with Crippen molar-refractivity contribution < 1.29 is 4.74 Å². The van der Waals surface area contributed by atoms with E-state index in [1.54, 1.807) is 25.6 Å². The number of benzene rings is 2. The van der Waals surface area contributed by atoms with Crippen LogP contribution in [-0.2, 0) is 6.42 Å². The fraction of sp³-hybridized carbons (Fsp3) is 0.130. The van der Waals surface area contributed by atoms with E-state index in [1.807, 2.05) is 42.5 Å². The number of methoxy groups -OCH3 is 1. The largest absolute Gasteiger partial charge is 0.495 e. The van der Waals surface area contributed by atoms with Crippen LogP contribution in [0.3, 0.4) is 0 Å². The molecule has 2 aromatic heterocycles. The number of fused-ring (bicyclic) bond motifs is 1. The van der Waals surface area contributed by atoms with Crippen LogP contribution in [0.1, 0.15) is 11.1 Å². The summed E-state index contributed by atoms with van der Waals surface area (Å²) in [6.07, 6.45) is 4.19. The van der Waals surface area contributed by atoms with Gasteiger partial charge in [-0.25, -0.2) is 0 Å². The minimum absolute atomic E-state index is 0.571. The first kappa shape index (κ1) is 19.6. The van der Waals surface area contributed by atoms with E-state index in [0.29, 0.717) is 28.7 Å². The summed E-state index contributed by atoms with van der Waals surface area (Å²) < 4.78 is 5.20. The summed E-state index contributed by atoms with van der Waals surface area (Å²) in [4.78, 5) is 4.06. The number of rotatable bonds is 6. The summed E-state index contributed by atoms with van der Waals surface area (Å²) in [5, 5.41) is 23.9. The minimum atomic E-state index is 0.571. The van der Waals surface area contributed by atoms with Crippen molar-refractivity contribution in [3.8, 4) is 23.1 Å². The molecule has 0 aliphatic heterocycles. The summed E-state index contributed by atoms with van der Waals surface area (Å²) in [5.74, 6) is 1.29. The van der Waals surface area contributed by atoms with Crippen LogP contribution in [0.15, 0.2) is 60.9 Å². The highest BCUT2D eigenvalue weighted by Crippen LogP contribution is 2.30. The zero-order valence-corrected chi connectivity index (χ0v) is 17.0. The molecule has 0 bridgehead atoms. The highest BCUT2D eigenvalue weighted by atomic mass is 35.5. The zero-order valence-electron chi connectivity index (χ0n) is 16.3. The molecule has 4 rings (SSSR count). The Balaban J connectivity index is 1.62. The number of pyridine rings is 1. The number of hydrogen-bond acceptors (Lipinski definition) is 6. The molecule has 2 aromatic carbocycles. The lowest BCUT2D eigenvalue weighted by atomic mass is 10.0. The number of nitriles is 1. The van der Waals surface area contributed by atoms with Gasteiger partial charge >= 0.3 is 0 Å². The maximum atomic E-state index is 9.33. The molecule has 0 radical (unpaired) electrons. The Hall–Kier alpha value is -3.69. The van der Waals surface area contributed by atoms with Crippen molar-refractivity contribution in [3.05, 3.63) is 77.1 Å². The first-order valence-electron chi connectivity index (χ1n) is 9.37. The Morgan fingerprint density at radius 2 is 1.87 bits per heavy atom. The molecule has 0 spiro atoms. The number of nitrogens with one attached hydrogen (secondary N) is 1. The van der Waals surface area contributed by atoms with Crippen molar-refractivity contribution in [2.75, 3.05) is 19.0 Å². The Morgan fingerprint density at radius 3 is 2.60 bits per heavy atom. The number of anilines is 1. The van der Waals surface area contributed by atoms with Crippen LogP contribution in [0.4, 0.5) is 5.82 Å². The van der Waals surface area contributed by atoms with Crippen LogP contribution in [0.2, 0.25) is 5.02 Å². The standard InChI is InChI=1S/C23H18ClN5O/c1-30-21-5-3-15(13-20(21)24)6-11-27-23-19-12-16(14-25)2-4-18(19)22(28-29-23)17-7-9-26-10-8-17/h2-5,7-10,12-13H,6,11H2,1H3,(H,27,29). The topological polar surface area (TPSA) is 83.7 Å². The van der Waals surface area contributed by atoms with Crippen LogP contribution in [0.25, 0.3) is 22.0 Å². The Morgan fingerprint density at radius 1 is 1.03 bits per heavy atom. The van der Waals surface area contributed by atoms with E-state index in [9.17, 15) is 5.26 Å². The maximum Gasteiger partial charge on any atom is 0.156 e. The molecule has 0 aliphatic rings. The van der Waals surface area contributed by atoms with Gasteiger partial charge in [-0.2, -0.15) is 5.26 Å². The second-order valence-electron chi connectivity index (χ2n) is 6.65. The van der Waals surface area contributed by atoms with Crippen molar-refractivity contribution in [3.63, 3.8) is 0 Å². The molecule has 0 atom stereocenters. The molecule has 1 N–H and O–H groups in total. The van der Waals surface area contributed by atoms with Crippen molar-refractivity contribution in [2.45, 2.75) is 6.42 Å². The molecule has 6 nitrogen and oxygen atoms in total. The first-order chi connectivity index (χ1) is 14.7. The number of ether oxygens (including phenoxy) is 1. The van der Waals surface area contributed by atoms with Gasteiger partial charge in [0.25, 0.3) is 0 Å². The van der Waals surface area contributed by atoms with Gasteiger partial charge in [0.1, 0.15) is 11.4 Å². The molecule has 148 valence electrons. The van der Waals surface area contributed by atoms with Gasteiger partial charge in [0.05, 0.1) is 23.8 Å². The summed E-state index contributed by atoms with van der Waals surface area (Å²) >= 11 is 6.21. The van der Waals surface area contributed by atoms with E-state index in [1.165, 1.54) is 0 Å². The van der Waals surface area contributed by atoms with E-state index in [-0.39, 0.29) is 0 Å². The monoisotopic (exact) mass is 415 g/mol. The van der Waals surface area contributed by atoms with Crippen molar-refractivity contribution in [1.82, 2.24) is 15.2 Å². The number of halogens is 1. The van der Waals surface area contributed by atoms with Gasteiger partial charge in [-0.15, -0.1) is 10.2 Å². The molecule has 0 saturated heterocycles. The summed E-state index contributed by atoms with van der Waals surface area (Å²) in [5.41, 5.74) is 3.33. The molecular formula is C23H18ClN5O. The van der Waals surface area contributed by atoms with Crippen LogP contribution in [0, 0.1) is 11.3 Å². The second-order valence-corrected chi connectivity index (χ2v) is 7.06. The minimum Gasteiger partial charge on any atom is -0.495 e. The molecule has 2 heterocycles. The van der Waals surface area contributed by atoms with Crippen LogP contribution in [0.5, 0.6) is 5.75 Å². The van der Waals surface area contributed by atoms with E-state index >= 15 is 0 Å². The zero-order chi connectivity index (χ0) is 20.9. The Labute approximate surface area is 179 Å². The molecular weight excluding hydrogens is 398 g/mol. The van der Waals surface area contributed by atoms with Crippen LogP contribution < -0.4 is 10.1 Å². The smallest absolute Gasteiger partial charge is 0.156 e. The second kappa shape index (κ2) is 8.76. The number of hydrogen-bond donors (Lipinski definition) is 1. The van der Waals surface area contributed by atoms with E-state index in [0.717, 1.165) is 34.0 Å². The molecule has 0 saturated carbocycles. The van der Waals surface area contributed by atoms with E-state index in [2.05, 4.69) is 26.6 Å². The molecule has 4 aromatic rings. The van der Waals surface area contributed by atoms with Gasteiger partial charge in [-0.05, 0) is 48.4 Å². The van der Waals surface area contributed by atoms with Gasteiger partial charge in [0, 0.05) is 35.3 Å². The SMILES string of the molecule is COc1ccc(CCNc2nnc(-c3ccncc3)c3ccc(C#N)cc23)cc1Cl. The van der Waals surface area contributed by atoms with Gasteiger partial charge in [0.2, 0.25) is 0 Å². The predicted octanol–water partition coefficient (Wildman–Crippen LogP) is 4.88. The van der Waals surface area contributed by atoms with E-state index < -0.39 is 0 Å². The van der Waals surface area contributed by atoms with Crippen LogP contribution >= 0.6 is 11.6 Å². The quantitative estimate of drug-likeness (QED) is 0.483. The Bertz CT molecular complexity index is 1240. The molecule has 0 unspecified atom stereocenters. The van der Waals surface area contributed by atoms with Crippen molar-refractivity contribution in [2.24, 2.45) is 0 Å². The van der Waals surface area contributed by atoms with Crippen LogP contribution in [-0.4, -0.2) is 28.8 Å². The fourth-order valence-corrected chi connectivity index (χ4v) is 3.55.